The van der Waals surface area contributed by atoms with Gasteiger partial charge in [0.1, 0.15) is 5.54 Å². The zero-order valence-corrected chi connectivity index (χ0v) is 12.7. The molecule has 21 heavy (non-hydrogen) atoms. The Morgan fingerprint density at radius 3 is 1.95 bits per heavy atom. The molecule has 1 saturated carbocycles. The molecule has 4 nitrogen and oxygen atoms in total. The molecule has 0 saturated heterocycles. The Kier molecular flexibility index (Phi) is 3.74. The van der Waals surface area contributed by atoms with E-state index in [1.54, 1.807) is 33.0 Å². The molecule has 1 fully saturated rings. The molecule has 0 aliphatic heterocycles. The lowest BCUT2D eigenvalue weighted by molar-refractivity contribution is -0.160. The normalized spacial score (nSPS) is 17.6. The van der Waals surface area contributed by atoms with E-state index in [-0.39, 0.29) is 17.7 Å². The molecule has 0 aromatic heterocycles. The highest BCUT2D eigenvalue weighted by molar-refractivity contribution is 7.89. The van der Waals surface area contributed by atoms with E-state index < -0.39 is 21.7 Å². The largest absolute Gasteiger partial charge is 0.407 e. The van der Waals surface area contributed by atoms with Crippen LogP contribution in [0.4, 0.5) is 18.9 Å². The fourth-order valence-electron chi connectivity index (χ4n) is 2.40. The van der Waals surface area contributed by atoms with Crippen molar-refractivity contribution in [1.82, 2.24) is 4.72 Å². The van der Waals surface area contributed by atoms with E-state index in [1.807, 2.05) is 4.72 Å². The van der Waals surface area contributed by atoms with Gasteiger partial charge in [0.25, 0.3) is 0 Å². The number of benzene rings is 1. The van der Waals surface area contributed by atoms with Crippen LogP contribution in [0.15, 0.2) is 17.0 Å². The highest BCUT2D eigenvalue weighted by Crippen LogP contribution is 2.50. The summed E-state index contributed by atoms with van der Waals surface area (Å²) in [5.41, 5.74) is -0.776. The predicted molar refractivity (Wildman–Crippen MR) is 73.8 cm³/mol. The molecule has 0 spiro atoms. The summed E-state index contributed by atoms with van der Waals surface area (Å²) < 4.78 is 65.3. The van der Waals surface area contributed by atoms with Crippen LogP contribution >= 0.6 is 0 Å². The van der Waals surface area contributed by atoms with Gasteiger partial charge in [-0.3, -0.25) is 0 Å². The average Bonchev–Trinajstić information content (AvgIpc) is 3.06. The van der Waals surface area contributed by atoms with E-state index in [1.165, 1.54) is 0 Å². The van der Waals surface area contributed by atoms with Crippen molar-refractivity contribution < 1.29 is 21.6 Å². The molecule has 0 unspecified atom stereocenters. The Balaban J connectivity index is 2.42. The third-order valence-corrected chi connectivity index (χ3v) is 5.48. The molecule has 1 aliphatic rings. The van der Waals surface area contributed by atoms with Crippen molar-refractivity contribution in [3.8, 4) is 0 Å². The van der Waals surface area contributed by atoms with Crippen LogP contribution in [0.25, 0.3) is 0 Å². The molecule has 0 atom stereocenters. The molecule has 1 aromatic rings. The van der Waals surface area contributed by atoms with Gasteiger partial charge in [-0.1, -0.05) is 0 Å². The summed E-state index contributed by atoms with van der Waals surface area (Å²) in [4.78, 5) is -0.0861. The van der Waals surface area contributed by atoms with E-state index >= 15 is 0 Å². The Labute approximate surface area is 121 Å². The van der Waals surface area contributed by atoms with Gasteiger partial charge in [0.2, 0.25) is 10.0 Å². The molecule has 0 radical (unpaired) electrons. The number of hydrogen-bond acceptors (Lipinski definition) is 3. The van der Waals surface area contributed by atoms with Gasteiger partial charge in [0.05, 0.1) is 4.90 Å². The summed E-state index contributed by atoms with van der Waals surface area (Å²) in [5, 5.41) is 2.88. The van der Waals surface area contributed by atoms with Crippen molar-refractivity contribution in [3.05, 3.63) is 23.3 Å². The van der Waals surface area contributed by atoms with E-state index in [4.69, 9.17) is 0 Å². The number of rotatable bonds is 4. The second-order valence-electron chi connectivity index (χ2n) is 5.37. The highest BCUT2D eigenvalue weighted by Gasteiger charge is 2.65. The van der Waals surface area contributed by atoms with E-state index in [9.17, 15) is 21.6 Å². The first-order valence-corrected chi connectivity index (χ1v) is 7.90. The van der Waals surface area contributed by atoms with Crippen LogP contribution in [0.1, 0.15) is 24.0 Å². The highest BCUT2D eigenvalue weighted by atomic mass is 32.2. The molecule has 0 heterocycles. The van der Waals surface area contributed by atoms with Crippen molar-refractivity contribution in [2.45, 2.75) is 43.3 Å². The quantitative estimate of drug-likeness (QED) is 0.896. The number of halogens is 3. The minimum Gasteiger partial charge on any atom is -0.388 e. The number of sulfonamides is 1. The monoisotopic (exact) mass is 322 g/mol. The van der Waals surface area contributed by atoms with Gasteiger partial charge < -0.3 is 5.32 Å². The lowest BCUT2D eigenvalue weighted by Crippen LogP contribution is -2.48. The Bertz CT molecular complexity index is 641. The summed E-state index contributed by atoms with van der Waals surface area (Å²) >= 11 is 0. The van der Waals surface area contributed by atoms with Crippen molar-refractivity contribution in [2.24, 2.45) is 0 Å². The van der Waals surface area contributed by atoms with Crippen molar-refractivity contribution in [3.63, 3.8) is 0 Å². The lowest BCUT2D eigenvalue weighted by atomic mass is 10.1. The van der Waals surface area contributed by atoms with Gasteiger partial charge >= 0.3 is 6.18 Å². The van der Waals surface area contributed by atoms with Crippen molar-refractivity contribution in [2.75, 3.05) is 12.4 Å². The zero-order chi connectivity index (χ0) is 16.1. The third kappa shape index (κ3) is 2.87. The van der Waals surface area contributed by atoms with Gasteiger partial charge in [0, 0.05) is 12.7 Å². The molecule has 2 N–H and O–H groups in total. The lowest BCUT2D eigenvalue weighted by Gasteiger charge is -2.22. The SMILES string of the molecule is CNc1cc(C)c(S(=O)(=O)NC2(C(F)(F)F)CC2)c(C)c1. The van der Waals surface area contributed by atoms with Crippen LogP contribution in [0.5, 0.6) is 0 Å². The van der Waals surface area contributed by atoms with Crippen LogP contribution in [0, 0.1) is 13.8 Å². The first kappa shape index (κ1) is 16.1. The second kappa shape index (κ2) is 4.88. The summed E-state index contributed by atoms with van der Waals surface area (Å²) in [5.74, 6) is 0. The molecular weight excluding hydrogens is 305 g/mol. The summed E-state index contributed by atoms with van der Waals surface area (Å²) in [6, 6.07) is 3.18. The zero-order valence-electron chi connectivity index (χ0n) is 11.9. The topological polar surface area (TPSA) is 58.2 Å². The fourth-order valence-corrected chi connectivity index (χ4v) is 4.30. The van der Waals surface area contributed by atoms with Crippen LogP contribution in [0.3, 0.4) is 0 Å². The van der Waals surface area contributed by atoms with Crippen LogP contribution in [0.2, 0.25) is 0 Å². The fraction of sp³-hybridized carbons (Fsp3) is 0.538. The molecule has 2 rings (SSSR count). The first-order valence-electron chi connectivity index (χ1n) is 6.42. The van der Waals surface area contributed by atoms with Crippen molar-refractivity contribution >= 4 is 15.7 Å². The molecule has 0 bridgehead atoms. The van der Waals surface area contributed by atoms with Gasteiger partial charge in [-0.25, -0.2) is 8.42 Å². The van der Waals surface area contributed by atoms with E-state index in [2.05, 4.69) is 5.32 Å². The summed E-state index contributed by atoms with van der Waals surface area (Å²) in [7, 11) is -2.54. The van der Waals surface area contributed by atoms with Gasteiger partial charge in [0.15, 0.2) is 0 Å². The van der Waals surface area contributed by atoms with Crippen LogP contribution < -0.4 is 10.0 Å². The summed E-state index contributed by atoms with van der Waals surface area (Å²) in [6.07, 6.45) is -5.02. The number of hydrogen-bond donors (Lipinski definition) is 2. The molecule has 118 valence electrons. The van der Waals surface area contributed by atoms with Gasteiger partial charge in [-0.2, -0.15) is 17.9 Å². The summed E-state index contributed by atoms with van der Waals surface area (Å²) in [6.45, 7) is 3.13. The van der Waals surface area contributed by atoms with E-state index in [0.29, 0.717) is 16.8 Å². The molecule has 0 amide bonds. The molecular formula is C13H17F3N2O2S. The van der Waals surface area contributed by atoms with Crippen molar-refractivity contribution in [1.29, 1.82) is 0 Å². The smallest absolute Gasteiger partial charge is 0.388 e. The maximum absolute atomic E-state index is 12.9. The average molecular weight is 322 g/mol. The van der Waals surface area contributed by atoms with Crippen LogP contribution in [-0.4, -0.2) is 27.2 Å². The Hall–Kier alpha value is -1.28. The van der Waals surface area contributed by atoms with Gasteiger partial charge in [-0.05, 0) is 49.9 Å². The molecule has 1 aliphatic carbocycles. The Morgan fingerprint density at radius 2 is 1.62 bits per heavy atom. The standard InChI is InChI=1S/C13H17F3N2O2S/c1-8-6-10(17-3)7-9(2)11(8)21(19,20)18-12(4-5-12)13(14,15)16/h6-7,17-18H,4-5H2,1-3H3. The van der Waals surface area contributed by atoms with E-state index in [0.717, 1.165) is 0 Å². The van der Waals surface area contributed by atoms with Gasteiger partial charge in [-0.15, -0.1) is 0 Å². The predicted octanol–water partition coefficient (Wildman–Crippen LogP) is 2.72. The van der Waals surface area contributed by atoms with Crippen LogP contribution in [-0.2, 0) is 10.0 Å². The molecule has 8 heteroatoms. The number of alkyl halides is 3. The minimum atomic E-state index is -4.58. The third-order valence-electron chi connectivity index (χ3n) is 3.64. The number of anilines is 1. The number of nitrogens with one attached hydrogen (secondary N) is 2. The number of aryl methyl sites for hydroxylation is 2. The maximum Gasteiger partial charge on any atom is 0.407 e. The Morgan fingerprint density at radius 1 is 1.14 bits per heavy atom. The molecule has 1 aromatic carbocycles. The maximum atomic E-state index is 12.9. The first-order chi connectivity index (χ1) is 9.52. The minimum absolute atomic E-state index is 0.0861. The second-order valence-corrected chi connectivity index (χ2v) is 6.99.